The molecular weight excluding hydrogens is 132 g/mol. The van der Waals surface area contributed by atoms with E-state index in [1.54, 1.807) is 6.92 Å². The number of β-lactam (4-membered cyclic amide) rings is 1. The molecule has 1 aliphatic heterocycles. The molecule has 1 fully saturated rings. The van der Waals surface area contributed by atoms with Gasteiger partial charge in [0.25, 0.3) is 0 Å². The molecule has 1 heterocycles. The van der Waals surface area contributed by atoms with Crippen molar-refractivity contribution in [3.8, 4) is 0 Å². The molecule has 2 atom stereocenters. The number of hydrogen-bond donors (Lipinski definition) is 2. The molecule has 2 unspecified atom stereocenters. The Labute approximate surface area is 59.6 Å². The monoisotopic (exact) mass is 144 g/mol. The van der Waals surface area contributed by atoms with Crippen molar-refractivity contribution in [1.29, 1.82) is 0 Å². The Bertz CT molecular complexity index is 147. The van der Waals surface area contributed by atoms with Crippen LogP contribution in [0.3, 0.4) is 0 Å². The largest absolute Gasteiger partial charge is 0.393 e. The maximum Gasteiger partial charge on any atom is 0.241 e. The van der Waals surface area contributed by atoms with Gasteiger partial charge in [0.2, 0.25) is 5.91 Å². The summed E-state index contributed by atoms with van der Waals surface area (Å²) in [6, 6.07) is 0. The number of carbonyl (C=O) groups excluding carboxylic acids is 1. The lowest BCUT2D eigenvalue weighted by atomic mass is 9.95. The first kappa shape index (κ1) is 7.50. The smallest absolute Gasteiger partial charge is 0.241 e. The minimum absolute atomic E-state index is 0.0370. The zero-order valence-corrected chi connectivity index (χ0v) is 5.95. The standard InChI is InChI=1S/C6H12N2O2/c1-4(9)2-5-3-8(7)6(5)10/h4-5,9H,2-3,7H2,1H3. The molecule has 58 valence electrons. The van der Waals surface area contributed by atoms with E-state index in [9.17, 15) is 4.79 Å². The van der Waals surface area contributed by atoms with Gasteiger partial charge >= 0.3 is 0 Å². The summed E-state index contributed by atoms with van der Waals surface area (Å²) in [6.07, 6.45) is 0.134. The van der Waals surface area contributed by atoms with Crippen molar-refractivity contribution < 1.29 is 9.90 Å². The van der Waals surface area contributed by atoms with Crippen LogP contribution in [0.1, 0.15) is 13.3 Å². The van der Waals surface area contributed by atoms with Gasteiger partial charge < -0.3 is 5.11 Å². The van der Waals surface area contributed by atoms with Crippen LogP contribution in [0.25, 0.3) is 0 Å². The second kappa shape index (κ2) is 2.56. The molecule has 0 spiro atoms. The van der Waals surface area contributed by atoms with Crippen molar-refractivity contribution in [2.45, 2.75) is 19.4 Å². The molecule has 1 saturated heterocycles. The SMILES string of the molecule is CC(O)CC1CN(N)C1=O. The van der Waals surface area contributed by atoms with Crippen LogP contribution in [0.5, 0.6) is 0 Å². The second-order valence-electron chi connectivity index (χ2n) is 2.77. The highest BCUT2D eigenvalue weighted by Crippen LogP contribution is 2.18. The summed E-state index contributed by atoms with van der Waals surface area (Å²) >= 11 is 0. The molecule has 0 aliphatic carbocycles. The predicted octanol–water partition coefficient (Wildman–Crippen LogP) is -0.911. The summed E-state index contributed by atoms with van der Waals surface area (Å²) in [4.78, 5) is 10.8. The maximum atomic E-state index is 10.8. The summed E-state index contributed by atoms with van der Waals surface area (Å²) in [5.41, 5.74) is 0. The molecule has 3 N–H and O–H groups in total. The highest BCUT2D eigenvalue weighted by Gasteiger charge is 2.34. The first-order valence-electron chi connectivity index (χ1n) is 3.35. The third-order valence-corrected chi connectivity index (χ3v) is 1.68. The topological polar surface area (TPSA) is 66.6 Å². The van der Waals surface area contributed by atoms with Gasteiger partial charge in [-0.3, -0.25) is 9.80 Å². The van der Waals surface area contributed by atoms with Crippen molar-refractivity contribution >= 4 is 5.91 Å². The minimum Gasteiger partial charge on any atom is -0.393 e. The van der Waals surface area contributed by atoms with Crippen molar-refractivity contribution in [2.24, 2.45) is 11.8 Å². The molecule has 0 bridgehead atoms. The van der Waals surface area contributed by atoms with E-state index in [1.165, 1.54) is 5.01 Å². The molecule has 1 amide bonds. The van der Waals surface area contributed by atoms with E-state index < -0.39 is 6.10 Å². The van der Waals surface area contributed by atoms with Crippen molar-refractivity contribution in [1.82, 2.24) is 5.01 Å². The molecule has 0 aromatic carbocycles. The van der Waals surface area contributed by atoms with E-state index in [-0.39, 0.29) is 11.8 Å². The minimum atomic E-state index is -0.400. The van der Waals surface area contributed by atoms with Crippen LogP contribution in [-0.4, -0.2) is 28.7 Å². The predicted molar refractivity (Wildman–Crippen MR) is 35.7 cm³/mol. The summed E-state index contributed by atoms with van der Waals surface area (Å²) in [7, 11) is 0. The Balaban J connectivity index is 2.27. The second-order valence-corrected chi connectivity index (χ2v) is 2.77. The molecule has 10 heavy (non-hydrogen) atoms. The van der Waals surface area contributed by atoms with E-state index in [4.69, 9.17) is 10.9 Å². The number of rotatable bonds is 2. The van der Waals surface area contributed by atoms with Gasteiger partial charge in [0.1, 0.15) is 0 Å². The first-order chi connectivity index (χ1) is 4.61. The van der Waals surface area contributed by atoms with Gasteiger partial charge in [-0.25, -0.2) is 5.84 Å². The lowest BCUT2D eigenvalue weighted by Gasteiger charge is -2.34. The highest BCUT2D eigenvalue weighted by atomic mass is 16.3. The van der Waals surface area contributed by atoms with Gasteiger partial charge in [-0.05, 0) is 13.3 Å². The number of nitrogens with zero attached hydrogens (tertiary/aromatic N) is 1. The molecule has 1 rings (SSSR count). The van der Waals surface area contributed by atoms with Crippen LogP contribution in [0.2, 0.25) is 0 Å². The number of aliphatic hydroxyl groups excluding tert-OH is 1. The Morgan fingerprint density at radius 2 is 2.60 bits per heavy atom. The van der Waals surface area contributed by atoms with Gasteiger partial charge in [0, 0.05) is 6.54 Å². The fourth-order valence-electron chi connectivity index (χ4n) is 1.11. The Morgan fingerprint density at radius 3 is 2.90 bits per heavy atom. The fraction of sp³-hybridized carbons (Fsp3) is 0.833. The average Bonchev–Trinajstić information content (AvgIpc) is 1.86. The van der Waals surface area contributed by atoms with Gasteiger partial charge in [0.05, 0.1) is 12.0 Å². The number of hydrazine groups is 1. The lowest BCUT2D eigenvalue weighted by molar-refractivity contribution is -0.149. The zero-order valence-electron chi connectivity index (χ0n) is 5.95. The van der Waals surface area contributed by atoms with E-state index in [0.29, 0.717) is 13.0 Å². The molecule has 0 saturated carbocycles. The van der Waals surface area contributed by atoms with Crippen LogP contribution in [0.4, 0.5) is 0 Å². The fourth-order valence-corrected chi connectivity index (χ4v) is 1.11. The van der Waals surface area contributed by atoms with Gasteiger partial charge in [-0.15, -0.1) is 0 Å². The van der Waals surface area contributed by atoms with E-state index in [1.807, 2.05) is 0 Å². The molecular formula is C6H12N2O2. The third kappa shape index (κ3) is 1.27. The van der Waals surface area contributed by atoms with Crippen LogP contribution < -0.4 is 5.84 Å². The van der Waals surface area contributed by atoms with Gasteiger partial charge in [-0.1, -0.05) is 0 Å². The van der Waals surface area contributed by atoms with Crippen molar-refractivity contribution in [3.05, 3.63) is 0 Å². The maximum absolute atomic E-state index is 10.8. The zero-order chi connectivity index (χ0) is 7.72. The van der Waals surface area contributed by atoms with Crippen LogP contribution in [0.15, 0.2) is 0 Å². The molecule has 0 aromatic heterocycles. The number of carbonyl (C=O) groups is 1. The van der Waals surface area contributed by atoms with Crippen molar-refractivity contribution in [2.75, 3.05) is 6.54 Å². The average molecular weight is 144 g/mol. The Hall–Kier alpha value is -0.610. The van der Waals surface area contributed by atoms with Gasteiger partial charge in [0.15, 0.2) is 0 Å². The number of aliphatic hydroxyl groups is 1. The summed E-state index contributed by atoms with van der Waals surface area (Å²) in [5, 5.41) is 10.1. The highest BCUT2D eigenvalue weighted by molar-refractivity contribution is 5.83. The number of hydrogen-bond acceptors (Lipinski definition) is 3. The third-order valence-electron chi connectivity index (χ3n) is 1.68. The molecule has 0 aromatic rings. The summed E-state index contributed by atoms with van der Waals surface area (Å²) in [5.74, 6) is 5.10. The van der Waals surface area contributed by atoms with E-state index >= 15 is 0 Å². The Kier molecular flexibility index (Phi) is 1.92. The van der Waals surface area contributed by atoms with Gasteiger partial charge in [-0.2, -0.15) is 0 Å². The molecule has 4 heteroatoms. The van der Waals surface area contributed by atoms with Crippen LogP contribution in [0, 0.1) is 5.92 Å². The lowest BCUT2D eigenvalue weighted by Crippen LogP contribution is -2.56. The molecule has 1 aliphatic rings. The van der Waals surface area contributed by atoms with Crippen molar-refractivity contribution in [3.63, 3.8) is 0 Å². The summed E-state index contributed by atoms with van der Waals surface area (Å²) in [6.45, 7) is 2.26. The van der Waals surface area contributed by atoms with E-state index in [2.05, 4.69) is 0 Å². The Morgan fingerprint density at radius 1 is 2.00 bits per heavy atom. The summed E-state index contributed by atoms with van der Waals surface area (Å²) < 4.78 is 0. The number of nitrogens with two attached hydrogens (primary N) is 1. The molecule has 0 radical (unpaired) electrons. The number of amides is 1. The quantitative estimate of drug-likeness (QED) is 0.299. The first-order valence-corrected chi connectivity index (χ1v) is 3.35. The van der Waals surface area contributed by atoms with Crippen LogP contribution in [-0.2, 0) is 4.79 Å². The van der Waals surface area contributed by atoms with E-state index in [0.717, 1.165) is 0 Å². The normalized spacial score (nSPS) is 28.1. The molecule has 4 nitrogen and oxygen atoms in total. The van der Waals surface area contributed by atoms with Crippen LogP contribution >= 0.6 is 0 Å².